The number of furan rings is 1. The van der Waals surface area contributed by atoms with Crippen molar-refractivity contribution in [1.82, 2.24) is 4.90 Å². The molecule has 0 saturated carbocycles. The summed E-state index contributed by atoms with van der Waals surface area (Å²) in [6.07, 6.45) is 0. The Labute approximate surface area is 112 Å². The third-order valence-electron chi connectivity index (χ3n) is 2.56. The molecule has 1 heterocycles. The van der Waals surface area contributed by atoms with Crippen LogP contribution in [0, 0.1) is 6.92 Å². The summed E-state index contributed by atoms with van der Waals surface area (Å²) in [5.74, 6) is 1.83. The summed E-state index contributed by atoms with van der Waals surface area (Å²) < 4.78 is 5.53. The van der Waals surface area contributed by atoms with Gasteiger partial charge in [0.25, 0.3) is 0 Å². The normalized spacial score (nSPS) is 10.1. The molecule has 0 atom stereocenters. The van der Waals surface area contributed by atoms with Gasteiger partial charge in [-0.1, -0.05) is 18.2 Å². The molecule has 0 radical (unpaired) electrons. The van der Waals surface area contributed by atoms with Crippen molar-refractivity contribution in [3.05, 3.63) is 54.0 Å². The number of nitrogens with zero attached hydrogens (tertiary/aromatic N) is 1. The van der Waals surface area contributed by atoms with Gasteiger partial charge < -0.3 is 14.6 Å². The maximum absolute atomic E-state index is 5.53. The highest BCUT2D eigenvalue weighted by Crippen LogP contribution is 2.11. The van der Waals surface area contributed by atoms with Gasteiger partial charge in [-0.2, -0.15) is 0 Å². The van der Waals surface area contributed by atoms with Crippen molar-refractivity contribution in [1.29, 1.82) is 0 Å². The van der Waals surface area contributed by atoms with E-state index in [9.17, 15) is 0 Å². The van der Waals surface area contributed by atoms with Crippen molar-refractivity contribution in [2.45, 2.75) is 13.5 Å². The molecule has 4 heteroatoms. The van der Waals surface area contributed by atoms with Gasteiger partial charge in [0, 0.05) is 12.7 Å². The average Bonchev–Trinajstić information content (AvgIpc) is 2.76. The molecular formula is C14H16N2OS. The molecule has 2 aromatic rings. The summed E-state index contributed by atoms with van der Waals surface area (Å²) in [7, 11) is 1.94. The van der Waals surface area contributed by atoms with E-state index in [1.54, 1.807) is 0 Å². The van der Waals surface area contributed by atoms with Crippen LogP contribution in [0.25, 0.3) is 0 Å². The third kappa shape index (κ3) is 3.34. The summed E-state index contributed by atoms with van der Waals surface area (Å²) in [4.78, 5) is 1.95. The fourth-order valence-electron chi connectivity index (χ4n) is 1.62. The van der Waals surface area contributed by atoms with E-state index in [-0.39, 0.29) is 0 Å². The van der Waals surface area contributed by atoms with Crippen LogP contribution in [0.5, 0.6) is 0 Å². The first-order valence-corrected chi connectivity index (χ1v) is 6.18. The Kier molecular flexibility index (Phi) is 3.99. The molecule has 94 valence electrons. The first-order chi connectivity index (χ1) is 8.65. The lowest BCUT2D eigenvalue weighted by atomic mass is 10.3. The number of hydrogen-bond donors (Lipinski definition) is 1. The Morgan fingerprint density at radius 2 is 1.94 bits per heavy atom. The molecule has 0 aliphatic rings. The SMILES string of the molecule is Cc1ccc(CN(C)C(=S)Nc2ccccc2)o1. The fourth-order valence-corrected chi connectivity index (χ4v) is 1.80. The molecule has 2 rings (SSSR count). The molecule has 0 aliphatic heterocycles. The molecule has 0 aliphatic carbocycles. The van der Waals surface area contributed by atoms with E-state index in [1.165, 1.54) is 0 Å². The van der Waals surface area contributed by atoms with Gasteiger partial charge >= 0.3 is 0 Å². The van der Waals surface area contributed by atoms with Gasteiger partial charge in [-0.05, 0) is 43.4 Å². The van der Waals surface area contributed by atoms with Crippen LogP contribution >= 0.6 is 12.2 Å². The van der Waals surface area contributed by atoms with Gasteiger partial charge in [-0.3, -0.25) is 0 Å². The highest BCUT2D eigenvalue weighted by molar-refractivity contribution is 7.80. The predicted octanol–water partition coefficient (Wildman–Crippen LogP) is 3.42. The Bertz CT molecular complexity index is 522. The molecule has 18 heavy (non-hydrogen) atoms. The number of benzene rings is 1. The molecule has 1 aromatic carbocycles. The zero-order chi connectivity index (χ0) is 13.0. The topological polar surface area (TPSA) is 28.4 Å². The van der Waals surface area contributed by atoms with Gasteiger partial charge in [0.05, 0.1) is 6.54 Å². The van der Waals surface area contributed by atoms with Crippen molar-refractivity contribution in [3.63, 3.8) is 0 Å². The van der Waals surface area contributed by atoms with Crippen LogP contribution in [0.3, 0.4) is 0 Å². The largest absolute Gasteiger partial charge is 0.464 e. The Balaban J connectivity index is 1.93. The van der Waals surface area contributed by atoms with E-state index >= 15 is 0 Å². The number of hydrogen-bond acceptors (Lipinski definition) is 2. The molecular weight excluding hydrogens is 244 g/mol. The number of rotatable bonds is 3. The van der Waals surface area contributed by atoms with Crippen LogP contribution in [0.2, 0.25) is 0 Å². The molecule has 1 aromatic heterocycles. The number of aryl methyl sites for hydroxylation is 1. The van der Waals surface area contributed by atoms with Crippen molar-refractivity contribution in [2.75, 3.05) is 12.4 Å². The van der Waals surface area contributed by atoms with Crippen molar-refractivity contribution in [3.8, 4) is 0 Å². The Hall–Kier alpha value is -1.81. The smallest absolute Gasteiger partial charge is 0.173 e. The standard InChI is InChI=1S/C14H16N2OS/c1-11-8-9-13(17-11)10-16(2)14(18)15-12-6-4-3-5-7-12/h3-9H,10H2,1-2H3,(H,15,18). The van der Waals surface area contributed by atoms with Crippen LogP contribution in [-0.2, 0) is 6.54 Å². The van der Waals surface area contributed by atoms with Crippen molar-refractivity contribution < 1.29 is 4.42 Å². The molecule has 0 amide bonds. The molecule has 0 fully saturated rings. The molecule has 0 spiro atoms. The lowest BCUT2D eigenvalue weighted by molar-refractivity contribution is 0.403. The second-order valence-corrected chi connectivity index (χ2v) is 4.55. The second kappa shape index (κ2) is 5.69. The first kappa shape index (κ1) is 12.6. The first-order valence-electron chi connectivity index (χ1n) is 5.77. The zero-order valence-electron chi connectivity index (χ0n) is 10.5. The third-order valence-corrected chi connectivity index (χ3v) is 2.97. The lowest BCUT2D eigenvalue weighted by Crippen LogP contribution is -2.30. The second-order valence-electron chi connectivity index (χ2n) is 4.16. The van der Waals surface area contributed by atoms with E-state index in [0.717, 1.165) is 17.2 Å². The van der Waals surface area contributed by atoms with Gasteiger partial charge in [0.15, 0.2) is 5.11 Å². The summed E-state index contributed by atoms with van der Waals surface area (Å²) in [6.45, 7) is 2.59. The van der Waals surface area contributed by atoms with E-state index in [2.05, 4.69) is 5.32 Å². The summed E-state index contributed by atoms with van der Waals surface area (Å²) in [5.41, 5.74) is 0.991. The Morgan fingerprint density at radius 1 is 1.22 bits per heavy atom. The van der Waals surface area contributed by atoms with Crippen LogP contribution in [0.4, 0.5) is 5.69 Å². The van der Waals surface area contributed by atoms with Crippen LogP contribution in [0.15, 0.2) is 46.9 Å². The van der Waals surface area contributed by atoms with Crippen molar-refractivity contribution >= 4 is 23.0 Å². The molecule has 3 nitrogen and oxygen atoms in total. The monoisotopic (exact) mass is 260 g/mol. The van der Waals surface area contributed by atoms with E-state index in [4.69, 9.17) is 16.6 Å². The van der Waals surface area contributed by atoms with Crippen LogP contribution in [-0.4, -0.2) is 17.1 Å². The maximum atomic E-state index is 5.53. The average molecular weight is 260 g/mol. The van der Waals surface area contributed by atoms with Gasteiger partial charge in [0.2, 0.25) is 0 Å². The minimum Gasteiger partial charge on any atom is -0.464 e. The van der Waals surface area contributed by atoms with Gasteiger partial charge in [-0.15, -0.1) is 0 Å². The number of thiocarbonyl (C=S) groups is 1. The number of anilines is 1. The van der Waals surface area contributed by atoms with E-state index in [1.807, 2.05) is 61.3 Å². The summed E-state index contributed by atoms with van der Waals surface area (Å²) in [5, 5.41) is 3.86. The minimum absolute atomic E-state index is 0.659. The minimum atomic E-state index is 0.659. The lowest BCUT2D eigenvalue weighted by Gasteiger charge is -2.19. The molecule has 0 unspecified atom stereocenters. The van der Waals surface area contributed by atoms with Gasteiger partial charge in [-0.25, -0.2) is 0 Å². The highest BCUT2D eigenvalue weighted by Gasteiger charge is 2.07. The number of para-hydroxylation sites is 1. The van der Waals surface area contributed by atoms with Gasteiger partial charge in [0.1, 0.15) is 11.5 Å². The fraction of sp³-hybridized carbons (Fsp3) is 0.214. The van der Waals surface area contributed by atoms with E-state index < -0.39 is 0 Å². The van der Waals surface area contributed by atoms with Crippen LogP contribution < -0.4 is 5.32 Å². The van der Waals surface area contributed by atoms with E-state index in [0.29, 0.717) is 11.7 Å². The number of nitrogens with one attached hydrogen (secondary N) is 1. The summed E-state index contributed by atoms with van der Waals surface area (Å²) >= 11 is 5.34. The molecule has 1 N–H and O–H groups in total. The molecule has 0 bridgehead atoms. The quantitative estimate of drug-likeness (QED) is 0.856. The molecule has 0 saturated heterocycles. The summed E-state index contributed by atoms with van der Waals surface area (Å²) in [6, 6.07) is 13.8. The Morgan fingerprint density at radius 3 is 2.56 bits per heavy atom. The zero-order valence-corrected chi connectivity index (χ0v) is 11.3. The predicted molar refractivity (Wildman–Crippen MR) is 77.6 cm³/mol. The van der Waals surface area contributed by atoms with Crippen LogP contribution in [0.1, 0.15) is 11.5 Å². The maximum Gasteiger partial charge on any atom is 0.173 e. The highest BCUT2D eigenvalue weighted by atomic mass is 32.1. The van der Waals surface area contributed by atoms with Crippen molar-refractivity contribution in [2.24, 2.45) is 0 Å².